The second-order valence-electron chi connectivity index (χ2n) is 2.80. The van der Waals surface area contributed by atoms with E-state index in [1.54, 1.807) is 0 Å². The van der Waals surface area contributed by atoms with E-state index in [2.05, 4.69) is 60.5 Å². The number of hydrogen-bond acceptors (Lipinski definition) is 5. The van der Waals surface area contributed by atoms with Gasteiger partial charge in [-0.1, -0.05) is 0 Å². The van der Waals surface area contributed by atoms with Gasteiger partial charge in [0.25, 0.3) is 0 Å². The summed E-state index contributed by atoms with van der Waals surface area (Å²) in [5, 5.41) is 1.73. The van der Waals surface area contributed by atoms with Gasteiger partial charge in [0, 0.05) is 33.5 Å². The molecule has 2 unspecified atom stereocenters. The van der Waals surface area contributed by atoms with Crippen molar-refractivity contribution >= 4 is 60.5 Å². The van der Waals surface area contributed by atoms with Gasteiger partial charge >= 0.3 is 0 Å². The van der Waals surface area contributed by atoms with Crippen molar-refractivity contribution in [1.82, 2.24) is 0 Å². The minimum atomic E-state index is 0.863. The molecule has 0 aliphatic carbocycles. The molecule has 0 amide bonds. The zero-order chi connectivity index (χ0) is 9.52. The summed E-state index contributed by atoms with van der Waals surface area (Å²) in [7, 11) is 0. The van der Waals surface area contributed by atoms with Gasteiger partial charge in [0.15, 0.2) is 0 Å². The van der Waals surface area contributed by atoms with E-state index >= 15 is 0 Å². The molecule has 0 aromatic heterocycles. The molecule has 1 aliphatic heterocycles. The lowest BCUT2D eigenvalue weighted by atomic mass is 10.4. The molecule has 1 fully saturated rings. The summed E-state index contributed by atoms with van der Waals surface area (Å²) in [6.45, 7) is 0. The topological polar surface area (TPSA) is 0 Å². The Kier molecular flexibility index (Phi) is 7.86. The van der Waals surface area contributed by atoms with Crippen LogP contribution in [0.15, 0.2) is 0 Å². The average molecular weight is 273 g/mol. The van der Waals surface area contributed by atoms with Crippen LogP contribution < -0.4 is 0 Å². The van der Waals surface area contributed by atoms with Crippen LogP contribution in [0, 0.1) is 0 Å². The molecule has 2 atom stereocenters. The Morgan fingerprint density at radius 1 is 1.00 bits per heavy atom. The zero-order valence-corrected chi connectivity index (χ0v) is 11.8. The number of hydrogen-bond donors (Lipinski definition) is 2. The number of thioether (sulfide) groups is 3. The summed E-state index contributed by atoms with van der Waals surface area (Å²) in [5.74, 6) is 7.09. The summed E-state index contributed by atoms with van der Waals surface area (Å²) in [6.07, 6.45) is 0. The van der Waals surface area contributed by atoms with Crippen LogP contribution in [0.25, 0.3) is 0 Å². The van der Waals surface area contributed by atoms with E-state index < -0.39 is 0 Å². The van der Waals surface area contributed by atoms with Crippen LogP contribution in [-0.4, -0.2) is 45.0 Å². The van der Waals surface area contributed by atoms with Crippen LogP contribution in [-0.2, 0) is 0 Å². The smallest absolute Gasteiger partial charge is 0.0265 e. The minimum absolute atomic E-state index is 0.863. The average Bonchev–Trinajstić information content (AvgIpc) is 2.59. The van der Waals surface area contributed by atoms with Crippen LogP contribution in [0.3, 0.4) is 0 Å². The molecule has 0 spiro atoms. The monoisotopic (exact) mass is 272 g/mol. The molecule has 1 aliphatic rings. The van der Waals surface area contributed by atoms with Crippen molar-refractivity contribution in [3.8, 4) is 0 Å². The van der Waals surface area contributed by atoms with Crippen molar-refractivity contribution in [1.29, 1.82) is 0 Å². The molecular weight excluding hydrogens is 256 g/mol. The van der Waals surface area contributed by atoms with Gasteiger partial charge in [0.05, 0.1) is 0 Å². The third-order valence-electron chi connectivity index (χ3n) is 1.83. The van der Waals surface area contributed by atoms with Gasteiger partial charge in [-0.05, 0) is 11.5 Å². The molecule has 13 heavy (non-hydrogen) atoms. The molecule has 0 N–H and O–H groups in total. The Bertz CT molecular complexity index is 116. The van der Waals surface area contributed by atoms with Crippen molar-refractivity contribution in [3.05, 3.63) is 0 Å². The molecule has 1 rings (SSSR count). The van der Waals surface area contributed by atoms with E-state index in [1.165, 1.54) is 23.0 Å². The van der Waals surface area contributed by atoms with Crippen LogP contribution in [0.5, 0.6) is 0 Å². The molecule has 0 aromatic carbocycles. The van der Waals surface area contributed by atoms with Crippen molar-refractivity contribution < 1.29 is 0 Å². The van der Waals surface area contributed by atoms with Crippen LogP contribution >= 0.6 is 60.5 Å². The Labute approximate surface area is 105 Å². The van der Waals surface area contributed by atoms with E-state index in [0.717, 1.165) is 22.0 Å². The van der Waals surface area contributed by atoms with Crippen molar-refractivity contribution in [2.24, 2.45) is 0 Å². The fourth-order valence-corrected chi connectivity index (χ4v) is 6.43. The van der Waals surface area contributed by atoms with E-state index in [-0.39, 0.29) is 0 Å². The first-order chi connectivity index (χ1) is 6.38. The van der Waals surface area contributed by atoms with Gasteiger partial charge in [0.2, 0.25) is 0 Å². The normalized spacial score (nSPS) is 28.2. The molecule has 78 valence electrons. The molecule has 1 saturated heterocycles. The lowest BCUT2D eigenvalue weighted by molar-refractivity contribution is 0.990. The summed E-state index contributed by atoms with van der Waals surface area (Å²) < 4.78 is 0. The molecule has 0 radical (unpaired) electrons. The first-order valence-electron chi connectivity index (χ1n) is 4.41. The van der Waals surface area contributed by atoms with Gasteiger partial charge in [-0.3, -0.25) is 0 Å². The Morgan fingerprint density at radius 2 is 1.46 bits per heavy atom. The number of rotatable bonds is 6. The molecule has 0 saturated carbocycles. The Balaban J connectivity index is 2.18. The lowest BCUT2D eigenvalue weighted by Crippen LogP contribution is -2.18. The fraction of sp³-hybridized carbons (Fsp3) is 1.00. The van der Waals surface area contributed by atoms with Gasteiger partial charge < -0.3 is 0 Å². The highest BCUT2D eigenvalue weighted by atomic mass is 32.2. The van der Waals surface area contributed by atoms with E-state index in [9.17, 15) is 0 Å². The van der Waals surface area contributed by atoms with Crippen molar-refractivity contribution in [2.75, 3.05) is 34.5 Å². The SMILES string of the molecule is SCCSC1CSCC1SCCS. The zero-order valence-electron chi connectivity index (χ0n) is 7.52. The summed E-state index contributed by atoms with van der Waals surface area (Å²) in [5.41, 5.74) is 0. The maximum Gasteiger partial charge on any atom is 0.0265 e. The first kappa shape index (κ1) is 12.8. The van der Waals surface area contributed by atoms with Crippen LogP contribution in [0.2, 0.25) is 0 Å². The quantitative estimate of drug-likeness (QED) is 0.714. The molecule has 0 aromatic rings. The summed E-state index contributed by atoms with van der Waals surface area (Å²) in [6, 6.07) is 0. The standard InChI is InChI=1S/C8H16S5/c9-1-3-12-7-5-11-6-8(7)13-4-2-10/h7-10H,1-6H2. The molecule has 0 nitrogen and oxygen atoms in total. The van der Waals surface area contributed by atoms with Gasteiger partial charge in [-0.25, -0.2) is 0 Å². The predicted octanol–water partition coefficient (Wildman–Crippen LogP) is 2.80. The van der Waals surface area contributed by atoms with Crippen molar-refractivity contribution in [2.45, 2.75) is 10.5 Å². The lowest BCUT2D eigenvalue weighted by Gasteiger charge is -2.16. The maximum absolute atomic E-state index is 4.25. The predicted molar refractivity (Wildman–Crippen MR) is 77.5 cm³/mol. The second-order valence-corrected chi connectivity index (χ2v) is 7.47. The highest BCUT2D eigenvalue weighted by Gasteiger charge is 2.27. The highest BCUT2D eigenvalue weighted by molar-refractivity contribution is 8.08. The summed E-state index contributed by atoms with van der Waals surface area (Å²) in [4.78, 5) is 0. The Morgan fingerprint density at radius 3 is 1.85 bits per heavy atom. The summed E-state index contributed by atoms with van der Waals surface area (Å²) >= 11 is 14.8. The van der Waals surface area contributed by atoms with Gasteiger partial charge in [0.1, 0.15) is 0 Å². The third kappa shape index (κ3) is 4.87. The Hall–Kier alpha value is 1.75. The van der Waals surface area contributed by atoms with Gasteiger partial charge in [-0.2, -0.15) is 60.5 Å². The second kappa shape index (κ2) is 7.97. The molecule has 5 heteroatoms. The molecule has 1 heterocycles. The third-order valence-corrected chi connectivity index (χ3v) is 7.39. The van der Waals surface area contributed by atoms with Crippen molar-refractivity contribution in [3.63, 3.8) is 0 Å². The minimum Gasteiger partial charge on any atom is -0.179 e. The van der Waals surface area contributed by atoms with E-state index in [4.69, 9.17) is 0 Å². The van der Waals surface area contributed by atoms with Crippen LogP contribution in [0.4, 0.5) is 0 Å². The number of thiol groups is 2. The van der Waals surface area contributed by atoms with Crippen LogP contribution in [0.1, 0.15) is 0 Å². The largest absolute Gasteiger partial charge is 0.179 e. The fourth-order valence-electron chi connectivity index (χ4n) is 1.23. The maximum atomic E-state index is 4.25. The first-order valence-corrected chi connectivity index (χ1v) is 8.93. The molecule has 0 bridgehead atoms. The van der Waals surface area contributed by atoms with E-state index in [0.29, 0.717) is 0 Å². The van der Waals surface area contributed by atoms with E-state index in [1.807, 2.05) is 0 Å². The highest BCUT2D eigenvalue weighted by Crippen LogP contribution is 2.35. The molecular formula is C8H16S5. The van der Waals surface area contributed by atoms with Gasteiger partial charge in [-0.15, -0.1) is 0 Å².